The molecule has 0 aromatic rings. The second-order valence-corrected chi connectivity index (χ2v) is 5.31. The normalized spacial score (nSPS) is 25.6. The monoisotopic (exact) mass is 229 g/mol. The molecule has 0 radical (unpaired) electrons. The first-order valence-electron chi connectivity index (χ1n) is 5.23. The van der Waals surface area contributed by atoms with Crippen LogP contribution in [0.15, 0.2) is 0 Å². The second kappa shape index (κ2) is 3.93. The summed E-state index contributed by atoms with van der Waals surface area (Å²) in [6.45, 7) is 6.05. The number of nitrogens with two attached hydrogens (primary N) is 1. The molecule has 16 heavy (non-hydrogen) atoms. The van der Waals surface area contributed by atoms with Gasteiger partial charge in [-0.2, -0.15) is 0 Å². The molecule has 0 bridgehead atoms. The van der Waals surface area contributed by atoms with Crippen molar-refractivity contribution in [1.82, 2.24) is 10.2 Å². The first-order chi connectivity index (χ1) is 7.14. The Morgan fingerprint density at radius 3 is 2.38 bits per heavy atom. The van der Waals surface area contributed by atoms with Gasteiger partial charge in [0.05, 0.1) is 6.54 Å². The first-order valence-corrected chi connectivity index (χ1v) is 5.23. The smallest absolute Gasteiger partial charge is 0.325 e. The average Bonchev–Trinajstić information content (AvgIpc) is 2.46. The van der Waals surface area contributed by atoms with Crippen molar-refractivity contribution in [3.8, 4) is 0 Å². The van der Waals surface area contributed by atoms with Gasteiger partial charge in [0.15, 0.2) is 0 Å². The summed E-state index contributed by atoms with van der Waals surface area (Å²) in [6.07, 6.45) is 0.292. The Morgan fingerprint density at radius 2 is 2.00 bits per heavy atom. The summed E-state index contributed by atoms with van der Waals surface area (Å²) in [5.41, 5.74) is 4.04. The maximum Gasteiger partial charge on any atom is 0.325 e. The topological polar surface area (TPSA) is 95.7 Å². The summed E-state index contributed by atoms with van der Waals surface area (Å²) in [6, 6.07) is -0.263. The fourth-order valence-corrected chi connectivity index (χ4v) is 1.58. The van der Waals surface area contributed by atoms with E-state index in [1.807, 2.05) is 20.8 Å². The molecular formula is C10H19N3O3. The van der Waals surface area contributed by atoms with Crippen molar-refractivity contribution >= 4 is 12.0 Å². The molecule has 1 heterocycles. The van der Waals surface area contributed by atoms with Gasteiger partial charge in [-0.25, -0.2) is 4.79 Å². The third-order valence-electron chi connectivity index (χ3n) is 2.50. The highest BCUT2D eigenvalue weighted by molar-refractivity contribution is 5.82. The zero-order chi connectivity index (χ0) is 12.6. The Balaban J connectivity index is 2.60. The van der Waals surface area contributed by atoms with Gasteiger partial charge < -0.3 is 21.1 Å². The number of nitrogens with zero attached hydrogens (tertiary/aromatic N) is 1. The van der Waals surface area contributed by atoms with Gasteiger partial charge in [0.2, 0.25) is 0 Å². The molecule has 1 fully saturated rings. The predicted octanol–water partition coefficient (Wildman–Crippen LogP) is -0.0177. The summed E-state index contributed by atoms with van der Waals surface area (Å²) < 4.78 is 0. The van der Waals surface area contributed by atoms with E-state index in [9.17, 15) is 9.59 Å². The number of carbonyl (C=O) groups is 2. The molecule has 1 saturated heterocycles. The van der Waals surface area contributed by atoms with Crippen LogP contribution in [0, 0.1) is 0 Å². The van der Waals surface area contributed by atoms with Crippen LogP contribution < -0.4 is 11.1 Å². The SMILES string of the molecule is CC(C)(C)NC(=O)N1CCC(N)(C(=O)O)C1. The van der Waals surface area contributed by atoms with Gasteiger partial charge in [-0.3, -0.25) is 4.79 Å². The van der Waals surface area contributed by atoms with E-state index in [0.29, 0.717) is 13.0 Å². The number of urea groups is 1. The third-order valence-corrected chi connectivity index (χ3v) is 2.50. The molecule has 0 aliphatic carbocycles. The molecule has 1 aliphatic rings. The van der Waals surface area contributed by atoms with Gasteiger partial charge in [0.1, 0.15) is 5.54 Å². The fraction of sp³-hybridized carbons (Fsp3) is 0.800. The summed E-state index contributed by atoms with van der Waals surface area (Å²) >= 11 is 0. The number of hydrogen-bond acceptors (Lipinski definition) is 3. The first kappa shape index (κ1) is 12.8. The van der Waals surface area contributed by atoms with E-state index in [0.717, 1.165) is 0 Å². The van der Waals surface area contributed by atoms with Crippen LogP contribution >= 0.6 is 0 Å². The number of hydrogen-bond donors (Lipinski definition) is 3. The molecule has 0 aromatic carbocycles. The van der Waals surface area contributed by atoms with Gasteiger partial charge in [-0.05, 0) is 27.2 Å². The number of carboxylic acids is 1. The van der Waals surface area contributed by atoms with Crippen molar-refractivity contribution in [3.63, 3.8) is 0 Å². The standard InChI is InChI=1S/C10H19N3O3/c1-9(2,3)12-8(16)13-5-4-10(11,6-13)7(14)15/h4-6,11H2,1-3H3,(H,12,16)(H,14,15). The van der Waals surface area contributed by atoms with Crippen LogP contribution in [-0.4, -0.2) is 46.2 Å². The Hall–Kier alpha value is -1.30. The second-order valence-electron chi connectivity index (χ2n) is 5.31. The molecule has 1 aliphatic heterocycles. The Labute approximate surface area is 94.8 Å². The maximum atomic E-state index is 11.7. The number of nitrogens with one attached hydrogen (secondary N) is 1. The van der Waals surface area contributed by atoms with E-state index in [4.69, 9.17) is 10.8 Å². The van der Waals surface area contributed by atoms with Crippen LogP contribution in [0.5, 0.6) is 0 Å². The lowest BCUT2D eigenvalue weighted by Gasteiger charge is -2.26. The number of carbonyl (C=O) groups excluding carboxylic acids is 1. The van der Waals surface area contributed by atoms with Crippen LogP contribution in [0.4, 0.5) is 4.79 Å². The fourth-order valence-electron chi connectivity index (χ4n) is 1.58. The van der Waals surface area contributed by atoms with Crippen molar-refractivity contribution in [2.75, 3.05) is 13.1 Å². The minimum atomic E-state index is -1.30. The number of aliphatic carboxylic acids is 1. The highest BCUT2D eigenvalue weighted by Gasteiger charge is 2.43. The molecule has 0 saturated carbocycles. The maximum absolute atomic E-state index is 11.7. The van der Waals surface area contributed by atoms with E-state index in [-0.39, 0.29) is 18.1 Å². The average molecular weight is 229 g/mol. The van der Waals surface area contributed by atoms with Crippen molar-refractivity contribution < 1.29 is 14.7 Å². The number of rotatable bonds is 1. The van der Waals surface area contributed by atoms with E-state index in [2.05, 4.69) is 5.32 Å². The molecule has 6 nitrogen and oxygen atoms in total. The quantitative estimate of drug-likeness (QED) is 0.589. The van der Waals surface area contributed by atoms with Crippen molar-refractivity contribution in [3.05, 3.63) is 0 Å². The predicted molar refractivity (Wildman–Crippen MR) is 59.0 cm³/mol. The van der Waals surface area contributed by atoms with Crippen molar-refractivity contribution in [1.29, 1.82) is 0 Å². The lowest BCUT2D eigenvalue weighted by molar-refractivity contribution is -0.142. The van der Waals surface area contributed by atoms with Crippen molar-refractivity contribution in [2.45, 2.75) is 38.3 Å². The zero-order valence-corrected chi connectivity index (χ0v) is 9.91. The van der Waals surface area contributed by atoms with Gasteiger partial charge in [-0.1, -0.05) is 0 Å². The molecule has 1 rings (SSSR count). The van der Waals surface area contributed by atoms with Gasteiger partial charge in [0.25, 0.3) is 0 Å². The molecule has 4 N–H and O–H groups in total. The minimum absolute atomic E-state index is 0.0598. The van der Waals surface area contributed by atoms with Gasteiger partial charge >= 0.3 is 12.0 Å². The molecule has 2 amide bonds. The molecular weight excluding hydrogens is 210 g/mol. The Kier molecular flexibility index (Phi) is 3.14. The Bertz CT molecular complexity index is 311. The number of amides is 2. The van der Waals surface area contributed by atoms with Crippen molar-refractivity contribution in [2.24, 2.45) is 5.73 Å². The van der Waals surface area contributed by atoms with Crippen LogP contribution in [-0.2, 0) is 4.79 Å². The molecule has 0 aromatic heterocycles. The minimum Gasteiger partial charge on any atom is -0.480 e. The van der Waals surface area contributed by atoms with Gasteiger partial charge in [-0.15, -0.1) is 0 Å². The zero-order valence-electron chi connectivity index (χ0n) is 9.91. The van der Waals surface area contributed by atoms with Gasteiger partial charge in [0, 0.05) is 12.1 Å². The molecule has 1 atom stereocenters. The van der Waals surface area contributed by atoms with E-state index in [1.165, 1.54) is 4.90 Å². The largest absolute Gasteiger partial charge is 0.480 e. The molecule has 92 valence electrons. The summed E-state index contributed by atoms with van der Waals surface area (Å²) in [4.78, 5) is 24.1. The lowest BCUT2D eigenvalue weighted by Crippen LogP contribution is -2.53. The Morgan fingerprint density at radius 1 is 1.44 bits per heavy atom. The number of carboxylic acid groups (broad SMARTS) is 1. The molecule has 1 unspecified atom stereocenters. The summed E-state index contributed by atoms with van der Waals surface area (Å²) in [7, 11) is 0. The van der Waals surface area contributed by atoms with Crippen LogP contribution in [0.1, 0.15) is 27.2 Å². The van der Waals surface area contributed by atoms with E-state index in [1.54, 1.807) is 0 Å². The van der Waals surface area contributed by atoms with Crippen LogP contribution in [0.25, 0.3) is 0 Å². The number of likely N-dealkylation sites (tertiary alicyclic amines) is 1. The summed E-state index contributed by atoms with van der Waals surface area (Å²) in [5.74, 6) is -1.06. The van der Waals surface area contributed by atoms with Crippen LogP contribution in [0.3, 0.4) is 0 Å². The molecule has 6 heteroatoms. The highest BCUT2D eigenvalue weighted by atomic mass is 16.4. The highest BCUT2D eigenvalue weighted by Crippen LogP contribution is 2.19. The lowest BCUT2D eigenvalue weighted by atomic mass is 10.0. The third kappa shape index (κ3) is 2.85. The van der Waals surface area contributed by atoms with E-state index >= 15 is 0 Å². The summed E-state index contributed by atoms with van der Waals surface area (Å²) in [5, 5.41) is 11.7. The molecule has 0 spiro atoms. The van der Waals surface area contributed by atoms with E-state index < -0.39 is 11.5 Å². The van der Waals surface area contributed by atoms with Crippen LogP contribution in [0.2, 0.25) is 0 Å².